The van der Waals surface area contributed by atoms with Crippen LogP contribution in [0.5, 0.6) is 0 Å². The Morgan fingerprint density at radius 2 is 2.25 bits per heavy atom. The van der Waals surface area contributed by atoms with E-state index >= 15 is 0 Å². The largest absolute Gasteiger partial charge is 0.382 e. The lowest BCUT2D eigenvalue weighted by Gasteiger charge is -2.30. The van der Waals surface area contributed by atoms with Gasteiger partial charge in [-0.2, -0.15) is 0 Å². The summed E-state index contributed by atoms with van der Waals surface area (Å²) in [5, 5.41) is 18.9. The van der Waals surface area contributed by atoms with Gasteiger partial charge in [-0.3, -0.25) is 19.8 Å². The average molecular weight is 335 g/mol. The van der Waals surface area contributed by atoms with Gasteiger partial charge in [0.05, 0.1) is 17.7 Å². The van der Waals surface area contributed by atoms with Crippen LogP contribution in [0.15, 0.2) is 24.4 Å². The topological polar surface area (TPSA) is 103 Å². The fourth-order valence-electron chi connectivity index (χ4n) is 3.21. The van der Waals surface area contributed by atoms with Crippen molar-refractivity contribution in [3.05, 3.63) is 30.1 Å². The van der Waals surface area contributed by atoms with Crippen LogP contribution in [0.4, 0.5) is 0 Å². The maximum absolute atomic E-state index is 13.0. The lowest BCUT2D eigenvalue weighted by atomic mass is 9.93. The molecule has 24 heavy (non-hydrogen) atoms. The van der Waals surface area contributed by atoms with Gasteiger partial charge in [0.1, 0.15) is 6.10 Å². The van der Waals surface area contributed by atoms with Crippen LogP contribution in [-0.2, 0) is 9.59 Å². The molecule has 1 aliphatic rings. The zero-order chi connectivity index (χ0) is 17.5. The molecule has 7 heteroatoms. The Hall–Kier alpha value is -1.99. The zero-order valence-electron chi connectivity index (χ0n) is 13.9. The summed E-state index contributed by atoms with van der Waals surface area (Å²) >= 11 is 0. The molecule has 0 saturated carbocycles. The molecule has 1 aromatic heterocycles. The molecule has 2 amide bonds. The third-order valence-corrected chi connectivity index (χ3v) is 4.51. The summed E-state index contributed by atoms with van der Waals surface area (Å²) < 4.78 is 0. The van der Waals surface area contributed by atoms with Gasteiger partial charge in [-0.25, -0.2) is 5.48 Å². The highest BCUT2D eigenvalue weighted by Gasteiger charge is 2.39. The van der Waals surface area contributed by atoms with Crippen molar-refractivity contribution in [2.45, 2.75) is 51.2 Å². The molecule has 1 aromatic rings. The van der Waals surface area contributed by atoms with Gasteiger partial charge in [-0.1, -0.05) is 25.8 Å². The predicted molar refractivity (Wildman–Crippen MR) is 86.9 cm³/mol. The highest BCUT2D eigenvalue weighted by Crippen LogP contribution is 2.33. The Kier molecular flexibility index (Phi) is 6.69. The number of nitrogens with one attached hydrogen (secondary N) is 1. The molecule has 0 radical (unpaired) electrons. The van der Waals surface area contributed by atoms with Crippen LogP contribution in [0.2, 0.25) is 0 Å². The van der Waals surface area contributed by atoms with Gasteiger partial charge >= 0.3 is 0 Å². The smallest absolute Gasteiger partial charge is 0.272 e. The van der Waals surface area contributed by atoms with Gasteiger partial charge in [0, 0.05) is 12.7 Å². The Bertz CT molecular complexity index is 552. The fraction of sp³-hybridized carbons (Fsp3) is 0.588. The Morgan fingerprint density at radius 1 is 1.46 bits per heavy atom. The quantitative estimate of drug-likeness (QED) is 0.516. The van der Waals surface area contributed by atoms with Gasteiger partial charge in [-0.05, 0) is 31.4 Å². The minimum Gasteiger partial charge on any atom is -0.382 e. The van der Waals surface area contributed by atoms with E-state index in [0.717, 1.165) is 25.0 Å². The number of hydroxylamine groups is 1. The summed E-state index contributed by atoms with van der Waals surface area (Å²) in [4.78, 5) is 30.6. The van der Waals surface area contributed by atoms with Crippen LogP contribution in [0.25, 0.3) is 0 Å². The van der Waals surface area contributed by atoms with E-state index in [4.69, 9.17) is 5.21 Å². The number of rotatable bonds is 7. The van der Waals surface area contributed by atoms with Crippen LogP contribution in [0.3, 0.4) is 0 Å². The zero-order valence-corrected chi connectivity index (χ0v) is 13.9. The van der Waals surface area contributed by atoms with Crippen LogP contribution in [0.1, 0.15) is 50.8 Å². The molecule has 0 bridgehead atoms. The summed E-state index contributed by atoms with van der Waals surface area (Å²) in [6.07, 6.45) is 3.77. The third kappa shape index (κ3) is 4.10. The second-order valence-electron chi connectivity index (χ2n) is 6.11. The molecular formula is C17H25N3O4. The number of hydrogen-bond acceptors (Lipinski definition) is 5. The van der Waals surface area contributed by atoms with Crippen molar-refractivity contribution in [2.75, 3.05) is 6.54 Å². The standard InChI is InChI=1S/C17H25N3O4/c1-2-3-7-12(15(21)16(22)19-24)17(23)20-11-6-9-14(20)13-8-4-5-10-18-13/h4-5,8,10,12,14-15,21,24H,2-3,6-7,9,11H2,1H3,(H,19,22)/t12-,14?,15+/m1/s1. The molecule has 0 aliphatic carbocycles. The molecule has 1 unspecified atom stereocenters. The maximum atomic E-state index is 13.0. The molecule has 3 N–H and O–H groups in total. The first-order valence-corrected chi connectivity index (χ1v) is 8.43. The predicted octanol–water partition coefficient (Wildman–Crippen LogP) is 1.42. The minimum atomic E-state index is -1.56. The SMILES string of the molecule is CCCC[C@@H](C(=O)N1CCCC1c1ccccn1)[C@H](O)C(=O)NO. The number of hydrogen-bond donors (Lipinski definition) is 3. The van der Waals surface area contributed by atoms with Crippen LogP contribution in [-0.4, -0.2) is 44.7 Å². The van der Waals surface area contributed by atoms with E-state index in [1.165, 1.54) is 5.48 Å². The molecule has 1 aliphatic heterocycles. The van der Waals surface area contributed by atoms with Gasteiger partial charge in [0.15, 0.2) is 0 Å². The van der Waals surface area contributed by atoms with Crippen LogP contribution in [0, 0.1) is 5.92 Å². The summed E-state index contributed by atoms with van der Waals surface area (Å²) in [6, 6.07) is 5.46. The summed E-state index contributed by atoms with van der Waals surface area (Å²) in [7, 11) is 0. The van der Waals surface area contributed by atoms with Crippen molar-refractivity contribution in [1.29, 1.82) is 0 Å². The molecular weight excluding hydrogens is 310 g/mol. The van der Waals surface area contributed by atoms with E-state index in [9.17, 15) is 14.7 Å². The first-order chi connectivity index (χ1) is 11.6. The van der Waals surface area contributed by atoms with Crippen LogP contribution >= 0.6 is 0 Å². The van der Waals surface area contributed by atoms with E-state index in [1.54, 1.807) is 11.1 Å². The monoisotopic (exact) mass is 335 g/mol. The van der Waals surface area contributed by atoms with Crippen LogP contribution < -0.4 is 5.48 Å². The number of carbonyl (C=O) groups is 2. The molecule has 1 fully saturated rings. The number of unbranched alkanes of at least 4 members (excludes halogenated alkanes) is 1. The van der Waals surface area contributed by atoms with E-state index in [-0.39, 0.29) is 11.9 Å². The molecule has 7 nitrogen and oxygen atoms in total. The summed E-state index contributed by atoms with van der Waals surface area (Å²) in [5.41, 5.74) is 2.26. The minimum absolute atomic E-state index is 0.132. The van der Waals surface area contributed by atoms with Gasteiger partial charge in [0.2, 0.25) is 5.91 Å². The van der Waals surface area contributed by atoms with Gasteiger partial charge < -0.3 is 10.0 Å². The van der Waals surface area contributed by atoms with E-state index in [2.05, 4.69) is 4.98 Å². The van der Waals surface area contributed by atoms with Crippen molar-refractivity contribution in [3.63, 3.8) is 0 Å². The van der Waals surface area contributed by atoms with E-state index in [1.807, 2.05) is 25.1 Å². The lowest BCUT2D eigenvalue weighted by molar-refractivity contribution is -0.151. The number of pyridine rings is 1. The second kappa shape index (κ2) is 8.75. The second-order valence-corrected chi connectivity index (χ2v) is 6.11. The first kappa shape index (κ1) is 18.4. The lowest BCUT2D eigenvalue weighted by Crippen LogP contribution is -2.46. The molecule has 2 heterocycles. The molecule has 3 atom stereocenters. The van der Waals surface area contributed by atoms with Crippen molar-refractivity contribution < 1.29 is 19.9 Å². The average Bonchev–Trinajstić information content (AvgIpc) is 3.11. The molecule has 132 valence electrons. The molecule has 2 rings (SSSR count). The van der Waals surface area contributed by atoms with Crippen molar-refractivity contribution in [2.24, 2.45) is 5.92 Å². The molecule has 0 aromatic carbocycles. The third-order valence-electron chi connectivity index (χ3n) is 4.51. The first-order valence-electron chi connectivity index (χ1n) is 8.43. The highest BCUT2D eigenvalue weighted by molar-refractivity contribution is 5.89. The normalized spacial score (nSPS) is 19.8. The van der Waals surface area contributed by atoms with Gasteiger partial charge in [-0.15, -0.1) is 0 Å². The number of aliphatic hydroxyl groups excluding tert-OH is 1. The fourth-order valence-corrected chi connectivity index (χ4v) is 3.21. The number of likely N-dealkylation sites (tertiary alicyclic amines) is 1. The Morgan fingerprint density at radius 3 is 2.88 bits per heavy atom. The number of nitrogens with zero attached hydrogens (tertiary/aromatic N) is 2. The molecule has 1 saturated heterocycles. The maximum Gasteiger partial charge on any atom is 0.272 e. The van der Waals surface area contributed by atoms with E-state index in [0.29, 0.717) is 19.4 Å². The number of amides is 2. The number of aliphatic hydroxyl groups is 1. The molecule has 0 spiro atoms. The van der Waals surface area contributed by atoms with Gasteiger partial charge in [0.25, 0.3) is 5.91 Å². The van der Waals surface area contributed by atoms with Crippen molar-refractivity contribution >= 4 is 11.8 Å². The summed E-state index contributed by atoms with van der Waals surface area (Å²) in [6.45, 7) is 2.56. The Balaban J connectivity index is 2.19. The van der Waals surface area contributed by atoms with Crippen molar-refractivity contribution in [1.82, 2.24) is 15.4 Å². The number of aromatic nitrogens is 1. The highest BCUT2D eigenvalue weighted by atomic mass is 16.5. The van der Waals surface area contributed by atoms with E-state index < -0.39 is 17.9 Å². The Labute approximate surface area is 141 Å². The number of carbonyl (C=O) groups excluding carboxylic acids is 2. The van der Waals surface area contributed by atoms with Crippen molar-refractivity contribution in [3.8, 4) is 0 Å². The summed E-state index contributed by atoms with van der Waals surface area (Å²) in [5.74, 6) is -2.06.